The topological polar surface area (TPSA) is 74.3 Å². The van der Waals surface area contributed by atoms with E-state index in [-0.39, 0.29) is 29.5 Å². The lowest BCUT2D eigenvalue weighted by atomic mass is 9.77. The molecule has 162 valence electrons. The molecule has 0 aromatic heterocycles. The van der Waals surface area contributed by atoms with Crippen LogP contribution in [-0.4, -0.2) is 57.2 Å². The highest BCUT2D eigenvalue weighted by Gasteiger charge is 2.51. The summed E-state index contributed by atoms with van der Waals surface area (Å²) < 4.78 is 22.2. The van der Waals surface area contributed by atoms with Crippen LogP contribution < -0.4 is 9.47 Å². The number of benzene rings is 1. The minimum atomic E-state index is -0.487. The number of carbonyl (C=O) groups excluding carboxylic acids is 2. The highest BCUT2D eigenvalue weighted by atomic mass is 16.5. The lowest BCUT2D eigenvalue weighted by Gasteiger charge is -2.35. The van der Waals surface area contributed by atoms with Crippen molar-refractivity contribution in [2.24, 2.45) is 5.92 Å². The van der Waals surface area contributed by atoms with E-state index in [1.165, 1.54) is 0 Å². The Labute approximate surface area is 176 Å². The summed E-state index contributed by atoms with van der Waals surface area (Å²) in [6.45, 7) is 1.01. The zero-order valence-corrected chi connectivity index (χ0v) is 17.8. The van der Waals surface area contributed by atoms with Crippen molar-refractivity contribution in [2.75, 3.05) is 34.5 Å². The zero-order valence-electron chi connectivity index (χ0n) is 17.8. The van der Waals surface area contributed by atoms with Crippen LogP contribution in [0.25, 0.3) is 0 Å². The highest BCUT2D eigenvalue weighted by molar-refractivity contribution is 6.11. The third-order valence-electron chi connectivity index (χ3n) is 6.33. The molecule has 2 heterocycles. The Hall–Kier alpha value is -2.54. The highest BCUT2D eigenvalue weighted by Crippen LogP contribution is 2.47. The van der Waals surface area contributed by atoms with Crippen LogP contribution in [0.1, 0.15) is 43.7 Å². The molecule has 1 aromatic rings. The van der Waals surface area contributed by atoms with Crippen molar-refractivity contribution >= 4 is 11.7 Å². The van der Waals surface area contributed by atoms with Crippen molar-refractivity contribution in [3.05, 3.63) is 35.1 Å². The number of nitrogens with zero attached hydrogens (tertiary/aromatic N) is 1. The molecule has 1 saturated carbocycles. The van der Waals surface area contributed by atoms with Crippen LogP contribution in [0.2, 0.25) is 0 Å². The van der Waals surface area contributed by atoms with Gasteiger partial charge in [0, 0.05) is 20.3 Å². The molecule has 7 nitrogen and oxygen atoms in total. The first-order chi connectivity index (χ1) is 14.6. The largest absolute Gasteiger partial charge is 0.493 e. The predicted octanol–water partition coefficient (Wildman–Crippen LogP) is 3.04. The third-order valence-corrected chi connectivity index (χ3v) is 6.33. The summed E-state index contributed by atoms with van der Waals surface area (Å²) in [5.74, 6) is 1.09. The van der Waals surface area contributed by atoms with E-state index in [9.17, 15) is 9.59 Å². The van der Waals surface area contributed by atoms with E-state index in [0.717, 1.165) is 31.2 Å². The van der Waals surface area contributed by atoms with Crippen LogP contribution in [0.3, 0.4) is 0 Å². The molecule has 4 rings (SSSR count). The van der Waals surface area contributed by atoms with Gasteiger partial charge < -0.3 is 23.8 Å². The minimum Gasteiger partial charge on any atom is -0.493 e. The minimum absolute atomic E-state index is 0.0586. The summed E-state index contributed by atoms with van der Waals surface area (Å²) in [5.41, 5.74) is 1.31. The van der Waals surface area contributed by atoms with Crippen LogP contribution >= 0.6 is 0 Å². The molecule has 1 aromatic carbocycles. The van der Waals surface area contributed by atoms with Crippen molar-refractivity contribution in [1.82, 2.24) is 4.90 Å². The van der Waals surface area contributed by atoms with Gasteiger partial charge in [-0.25, -0.2) is 0 Å². The molecule has 3 aliphatic rings. The van der Waals surface area contributed by atoms with Crippen molar-refractivity contribution in [3.8, 4) is 11.5 Å². The molecule has 3 atom stereocenters. The number of fused-ring (bicyclic) bond motifs is 1. The number of rotatable bonds is 7. The summed E-state index contributed by atoms with van der Waals surface area (Å²) >= 11 is 0. The van der Waals surface area contributed by atoms with Crippen LogP contribution in [0, 0.1) is 5.92 Å². The molecule has 0 radical (unpaired) electrons. The Morgan fingerprint density at radius 3 is 2.57 bits per heavy atom. The summed E-state index contributed by atoms with van der Waals surface area (Å²) in [6, 6.07) is 5.05. The maximum absolute atomic E-state index is 13.5. The summed E-state index contributed by atoms with van der Waals surface area (Å²) in [4.78, 5) is 28.6. The van der Waals surface area contributed by atoms with Crippen LogP contribution in [-0.2, 0) is 19.1 Å². The van der Waals surface area contributed by atoms with Gasteiger partial charge in [-0.3, -0.25) is 9.59 Å². The second-order valence-corrected chi connectivity index (χ2v) is 8.02. The van der Waals surface area contributed by atoms with Crippen molar-refractivity contribution in [3.63, 3.8) is 0 Å². The van der Waals surface area contributed by atoms with Crippen LogP contribution in [0.5, 0.6) is 11.5 Å². The summed E-state index contributed by atoms with van der Waals surface area (Å²) in [5, 5.41) is 0. The van der Waals surface area contributed by atoms with Gasteiger partial charge in [0.2, 0.25) is 0 Å². The fourth-order valence-corrected chi connectivity index (χ4v) is 4.87. The first-order valence-corrected chi connectivity index (χ1v) is 10.6. The maximum atomic E-state index is 13.5. The molecular weight excluding hydrogens is 386 g/mol. The molecule has 1 amide bonds. The van der Waals surface area contributed by atoms with E-state index in [0.29, 0.717) is 36.6 Å². The first-order valence-electron chi connectivity index (χ1n) is 10.6. The fourth-order valence-electron chi connectivity index (χ4n) is 4.87. The predicted molar refractivity (Wildman–Crippen MR) is 109 cm³/mol. The molecule has 0 N–H and O–H groups in total. The molecule has 1 aliphatic carbocycles. The normalized spacial score (nSPS) is 25.7. The smallest absolute Gasteiger partial charge is 0.290 e. The molecular formula is C23H29NO6. The van der Waals surface area contributed by atoms with E-state index in [4.69, 9.17) is 18.9 Å². The van der Waals surface area contributed by atoms with Crippen LogP contribution in [0.4, 0.5) is 0 Å². The van der Waals surface area contributed by atoms with E-state index < -0.39 is 6.04 Å². The molecule has 3 unspecified atom stereocenters. The lowest BCUT2D eigenvalue weighted by molar-refractivity contribution is -0.135. The quantitative estimate of drug-likeness (QED) is 0.638. The number of Topliss-reactive ketones (excluding diaryl/α,β-unsaturated/α-hetero) is 1. The second kappa shape index (κ2) is 8.68. The fraction of sp³-hybridized carbons (Fsp3) is 0.565. The molecule has 7 heteroatoms. The lowest BCUT2D eigenvalue weighted by Crippen LogP contribution is -2.39. The average Bonchev–Trinajstić information content (AvgIpc) is 3.05. The van der Waals surface area contributed by atoms with Gasteiger partial charge in [-0.2, -0.15) is 0 Å². The SMILES string of the molecule is COCCCN1C(=O)C2=C(C(=O)C3CCCCC3O2)C1c1ccc(OC)c(OC)c1. The van der Waals surface area contributed by atoms with Gasteiger partial charge in [-0.05, 0) is 43.4 Å². The number of carbonyl (C=O) groups is 2. The Morgan fingerprint density at radius 1 is 1.07 bits per heavy atom. The second-order valence-electron chi connectivity index (χ2n) is 8.02. The van der Waals surface area contributed by atoms with E-state index in [1.807, 2.05) is 18.2 Å². The first kappa shape index (κ1) is 20.7. The molecule has 0 saturated heterocycles. The van der Waals surface area contributed by atoms with Gasteiger partial charge in [0.1, 0.15) is 6.10 Å². The number of methoxy groups -OCH3 is 3. The van der Waals surface area contributed by atoms with E-state index >= 15 is 0 Å². The molecule has 0 spiro atoms. The van der Waals surface area contributed by atoms with Gasteiger partial charge in [0.15, 0.2) is 23.0 Å². The molecule has 1 fully saturated rings. The van der Waals surface area contributed by atoms with Gasteiger partial charge in [0.25, 0.3) is 5.91 Å². The number of ether oxygens (including phenoxy) is 4. The molecule has 30 heavy (non-hydrogen) atoms. The monoisotopic (exact) mass is 415 g/mol. The zero-order chi connectivity index (χ0) is 21.3. The average molecular weight is 415 g/mol. The number of amides is 1. The number of hydrogen-bond acceptors (Lipinski definition) is 6. The Kier molecular flexibility index (Phi) is 5.99. The molecule has 0 bridgehead atoms. The van der Waals surface area contributed by atoms with Gasteiger partial charge in [-0.1, -0.05) is 12.5 Å². The Morgan fingerprint density at radius 2 is 1.83 bits per heavy atom. The standard InChI is InChI=1S/C23H29NO6/c1-27-12-6-11-24-20(14-9-10-17(28-2)18(13-14)29-3)19-21(25)15-7-4-5-8-16(15)30-22(19)23(24)26/h9-10,13,15-16,20H,4-8,11-12H2,1-3H3. The number of ketones is 1. The van der Waals surface area contributed by atoms with E-state index in [2.05, 4.69) is 0 Å². The Bertz CT molecular complexity index is 863. The van der Waals surface area contributed by atoms with Gasteiger partial charge in [-0.15, -0.1) is 0 Å². The van der Waals surface area contributed by atoms with Gasteiger partial charge >= 0.3 is 0 Å². The third kappa shape index (κ3) is 3.45. The van der Waals surface area contributed by atoms with Crippen molar-refractivity contribution in [2.45, 2.75) is 44.2 Å². The summed E-state index contributed by atoms with van der Waals surface area (Å²) in [6.07, 6.45) is 4.18. The van der Waals surface area contributed by atoms with Gasteiger partial charge in [0.05, 0.1) is 31.8 Å². The maximum Gasteiger partial charge on any atom is 0.290 e. The Balaban J connectivity index is 1.76. The van der Waals surface area contributed by atoms with Crippen molar-refractivity contribution in [1.29, 1.82) is 0 Å². The number of hydrogen-bond donors (Lipinski definition) is 0. The summed E-state index contributed by atoms with van der Waals surface area (Å²) in [7, 11) is 4.79. The van der Waals surface area contributed by atoms with Crippen LogP contribution in [0.15, 0.2) is 29.5 Å². The van der Waals surface area contributed by atoms with Crippen molar-refractivity contribution < 1.29 is 28.5 Å². The van der Waals surface area contributed by atoms with E-state index in [1.54, 1.807) is 26.2 Å². The molecule has 2 aliphatic heterocycles.